The molecule has 1 aliphatic rings. The maximum Gasteiger partial charge on any atom is 0.337 e. The summed E-state index contributed by atoms with van der Waals surface area (Å²) < 4.78 is 4.81. The fourth-order valence-electron chi connectivity index (χ4n) is 2.89. The number of nitrogens with two attached hydrogens (primary N) is 1. The van der Waals surface area contributed by atoms with Crippen LogP contribution >= 0.6 is 0 Å². The Morgan fingerprint density at radius 3 is 2.80 bits per heavy atom. The standard InChI is InChI=1S/C16H24N2O2/c1-20-16(19)14-4-5-15(12-6-9-18-10-7-12)13(11-14)3-2-8-17/h4-5,11-12,18H,2-3,6-10,17H2,1H3. The highest BCUT2D eigenvalue weighted by Crippen LogP contribution is 2.29. The predicted octanol–water partition coefficient (Wildman–Crippen LogP) is 1.83. The molecule has 110 valence electrons. The van der Waals surface area contributed by atoms with E-state index >= 15 is 0 Å². The van der Waals surface area contributed by atoms with Crippen molar-refractivity contribution < 1.29 is 9.53 Å². The highest BCUT2D eigenvalue weighted by molar-refractivity contribution is 5.89. The molecule has 0 aromatic heterocycles. The smallest absolute Gasteiger partial charge is 0.337 e. The number of hydrogen-bond donors (Lipinski definition) is 2. The van der Waals surface area contributed by atoms with E-state index in [1.54, 1.807) is 0 Å². The normalized spacial score (nSPS) is 16.1. The molecule has 3 N–H and O–H groups in total. The molecule has 4 heteroatoms. The second-order valence-electron chi connectivity index (χ2n) is 5.32. The van der Waals surface area contributed by atoms with Gasteiger partial charge in [0.25, 0.3) is 0 Å². The van der Waals surface area contributed by atoms with E-state index in [0.29, 0.717) is 18.0 Å². The van der Waals surface area contributed by atoms with Crippen LogP contribution in [0, 0.1) is 0 Å². The first kappa shape index (κ1) is 15.0. The summed E-state index contributed by atoms with van der Waals surface area (Å²) in [4.78, 5) is 11.7. The van der Waals surface area contributed by atoms with Gasteiger partial charge in [0, 0.05) is 0 Å². The number of methoxy groups -OCH3 is 1. The lowest BCUT2D eigenvalue weighted by atomic mass is 9.85. The summed E-state index contributed by atoms with van der Waals surface area (Å²) in [6, 6.07) is 5.97. The van der Waals surface area contributed by atoms with Crippen molar-refractivity contribution in [2.45, 2.75) is 31.6 Å². The van der Waals surface area contributed by atoms with Crippen LogP contribution in [-0.4, -0.2) is 32.7 Å². The molecule has 2 rings (SSSR count). The number of hydrogen-bond acceptors (Lipinski definition) is 4. The summed E-state index contributed by atoms with van der Waals surface area (Å²) in [5.41, 5.74) is 8.90. The molecule has 0 atom stereocenters. The van der Waals surface area contributed by atoms with Crippen LogP contribution in [0.15, 0.2) is 18.2 Å². The summed E-state index contributed by atoms with van der Waals surface area (Å²) in [6.07, 6.45) is 4.20. The number of aryl methyl sites for hydroxylation is 1. The van der Waals surface area contributed by atoms with Crippen LogP contribution in [0.2, 0.25) is 0 Å². The third-order valence-corrected chi connectivity index (χ3v) is 3.99. The van der Waals surface area contributed by atoms with Gasteiger partial charge in [-0.05, 0) is 74.5 Å². The molecule has 0 aliphatic carbocycles. The average molecular weight is 276 g/mol. The van der Waals surface area contributed by atoms with Gasteiger partial charge >= 0.3 is 5.97 Å². The Hall–Kier alpha value is -1.39. The van der Waals surface area contributed by atoms with Gasteiger partial charge in [-0.1, -0.05) is 6.07 Å². The Morgan fingerprint density at radius 1 is 1.40 bits per heavy atom. The Morgan fingerprint density at radius 2 is 2.15 bits per heavy atom. The zero-order valence-electron chi connectivity index (χ0n) is 12.2. The molecule has 20 heavy (non-hydrogen) atoms. The summed E-state index contributed by atoms with van der Waals surface area (Å²) >= 11 is 0. The second kappa shape index (κ2) is 7.41. The van der Waals surface area contributed by atoms with Crippen LogP contribution in [0.5, 0.6) is 0 Å². The van der Waals surface area contributed by atoms with Gasteiger partial charge in [0.15, 0.2) is 0 Å². The monoisotopic (exact) mass is 276 g/mol. The summed E-state index contributed by atoms with van der Waals surface area (Å²) in [5, 5.41) is 3.39. The van der Waals surface area contributed by atoms with Gasteiger partial charge < -0.3 is 15.8 Å². The SMILES string of the molecule is COC(=O)c1ccc(C2CCNCC2)c(CCCN)c1. The molecule has 0 saturated carbocycles. The van der Waals surface area contributed by atoms with Crippen molar-refractivity contribution in [1.29, 1.82) is 0 Å². The number of ether oxygens (including phenoxy) is 1. The molecular formula is C16H24N2O2. The van der Waals surface area contributed by atoms with Crippen LogP contribution in [0.1, 0.15) is 46.7 Å². The molecule has 1 aromatic carbocycles. The minimum Gasteiger partial charge on any atom is -0.465 e. The number of nitrogens with one attached hydrogen (secondary N) is 1. The van der Waals surface area contributed by atoms with Crippen molar-refractivity contribution in [3.8, 4) is 0 Å². The summed E-state index contributed by atoms with van der Waals surface area (Å²) in [5.74, 6) is 0.326. The lowest BCUT2D eigenvalue weighted by Crippen LogP contribution is -2.27. The van der Waals surface area contributed by atoms with E-state index in [4.69, 9.17) is 10.5 Å². The van der Waals surface area contributed by atoms with Crippen molar-refractivity contribution in [2.75, 3.05) is 26.7 Å². The van der Waals surface area contributed by atoms with E-state index in [9.17, 15) is 4.79 Å². The Kier molecular flexibility index (Phi) is 5.56. The van der Waals surface area contributed by atoms with E-state index in [2.05, 4.69) is 11.4 Å². The minimum atomic E-state index is -0.268. The molecule has 0 spiro atoms. The van der Waals surface area contributed by atoms with Crippen LogP contribution in [-0.2, 0) is 11.2 Å². The third kappa shape index (κ3) is 3.58. The lowest BCUT2D eigenvalue weighted by molar-refractivity contribution is 0.0600. The molecule has 4 nitrogen and oxygen atoms in total. The second-order valence-corrected chi connectivity index (χ2v) is 5.32. The van der Waals surface area contributed by atoms with Crippen LogP contribution < -0.4 is 11.1 Å². The van der Waals surface area contributed by atoms with Crippen LogP contribution in [0.4, 0.5) is 0 Å². The van der Waals surface area contributed by atoms with E-state index in [1.165, 1.54) is 18.2 Å². The first-order chi connectivity index (χ1) is 9.76. The number of piperidine rings is 1. The topological polar surface area (TPSA) is 64.3 Å². The average Bonchev–Trinajstić information content (AvgIpc) is 2.52. The number of carbonyl (C=O) groups is 1. The maximum atomic E-state index is 11.7. The highest BCUT2D eigenvalue weighted by atomic mass is 16.5. The van der Waals surface area contributed by atoms with Crippen LogP contribution in [0.25, 0.3) is 0 Å². The maximum absolute atomic E-state index is 11.7. The van der Waals surface area contributed by atoms with Crippen molar-refractivity contribution in [2.24, 2.45) is 5.73 Å². The van der Waals surface area contributed by atoms with Gasteiger partial charge in [0.2, 0.25) is 0 Å². The van der Waals surface area contributed by atoms with Gasteiger partial charge in [0.1, 0.15) is 0 Å². The molecule has 0 bridgehead atoms. The number of carbonyl (C=O) groups excluding carboxylic acids is 1. The zero-order chi connectivity index (χ0) is 14.4. The van der Waals surface area contributed by atoms with Crippen molar-refractivity contribution in [3.05, 3.63) is 34.9 Å². The van der Waals surface area contributed by atoms with Gasteiger partial charge in [-0.15, -0.1) is 0 Å². The first-order valence-electron chi connectivity index (χ1n) is 7.38. The van der Waals surface area contributed by atoms with Gasteiger partial charge in [-0.25, -0.2) is 4.79 Å². The molecule has 1 fully saturated rings. The minimum absolute atomic E-state index is 0.268. The van der Waals surface area contributed by atoms with Crippen molar-refractivity contribution in [1.82, 2.24) is 5.32 Å². The summed E-state index contributed by atoms with van der Waals surface area (Å²) in [6.45, 7) is 2.81. The molecule has 1 saturated heterocycles. The van der Waals surface area contributed by atoms with Crippen molar-refractivity contribution >= 4 is 5.97 Å². The van der Waals surface area contributed by atoms with Gasteiger partial charge in [-0.2, -0.15) is 0 Å². The fraction of sp³-hybridized carbons (Fsp3) is 0.562. The zero-order valence-corrected chi connectivity index (χ0v) is 12.2. The highest BCUT2D eigenvalue weighted by Gasteiger charge is 2.19. The largest absolute Gasteiger partial charge is 0.465 e. The molecule has 0 unspecified atom stereocenters. The Labute approximate surface area is 120 Å². The molecule has 0 radical (unpaired) electrons. The van der Waals surface area contributed by atoms with E-state index in [-0.39, 0.29) is 5.97 Å². The molecule has 1 aromatic rings. The quantitative estimate of drug-likeness (QED) is 0.805. The number of benzene rings is 1. The van der Waals surface area contributed by atoms with E-state index < -0.39 is 0 Å². The Bertz CT molecular complexity index is 454. The predicted molar refractivity (Wildman–Crippen MR) is 80.0 cm³/mol. The molecule has 0 amide bonds. The lowest BCUT2D eigenvalue weighted by Gasteiger charge is -2.25. The number of esters is 1. The van der Waals surface area contributed by atoms with E-state index in [1.807, 2.05) is 12.1 Å². The van der Waals surface area contributed by atoms with E-state index in [0.717, 1.165) is 38.8 Å². The molecular weight excluding hydrogens is 252 g/mol. The molecule has 1 aliphatic heterocycles. The fourth-order valence-corrected chi connectivity index (χ4v) is 2.89. The first-order valence-corrected chi connectivity index (χ1v) is 7.38. The Balaban J connectivity index is 2.26. The van der Waals surface area contributed by atoms with Crippen LogP contribution in [0.3, 0.4) is 0 Å². The van der Waals surface area contributed by atoms with Crippen molar-refractivity contribution in [3.63, 3.8) is 0 Å². The third-order valence-electron chi connectivity index (χ3n) is 3.99. The van der Waals surface area contributed by atoms with Gasteiger partial charge in [0.05, 0.1) is 12.7 Å². The molecule has 1 heterocycles. The van der Waals surface area contributed by atoms with Gasteiger partial charge in [-0.3, -0.25) is 0 Å². The summed E-state index contributed by atoms with van der Waals surface area (Å²) in [7, 11) is 1.42. The number of rotatable bonds is 5.